The summed E-state index contributed by atoms with van der Waals surface area (Å²) >= 11 is 10.9. The maximum absolute atomic E-state index is 12.9. The van der Waals surface area contributed by atoms with Crippen LogP contribution in [0.25, 0.3) is 0 Å². The molecule has 1 N–H and O–H groups in total. The number of esters is 1. The van der Waals surface area contributed by atoms with Gasteiger partial charge in [0.2, 0.25) is 0 Å². The highest BCUT2D eigenvalue weighted by Crippen LogP contribution is 2.31. The van der Waals surface area contributed by atoms with Gasteiger partial charge in [-0.3, -0.25) is 4.79 Å². The molecule has 2 aromatic carbocycles. The summed E-state index contributed by atoms with van der Waals surface area (Å²) in [6.07, 6.45) is 1.70. The van der Waals surface area contributed by atoms with Crippen molar-refractivity contribution >= 4 is 56.9 Å². The predicted octanol–water partition coefficient (Wildman–Crippen LogP) is 5.69. The molecule has 5 nitrogen and oxygen atoms in total. The molecular formula is C20H14BrClN2O3S. The van der Waals surface area contributed by atoms with Crippen LogP contribution in [0.1, 0.15) is 20.7 Å². The van der Waals surface area contributed by atoms with Crippen molar-refractivity contribution in [2.24, 2.45) is 0 Å². The summed E-state index contributed by atoms with van der Waals surface area (Å²) in [6.45, 7) is 0. The van der Waals surface area contributed by atoms with Crippen molar-refractivity contribution in [3.05, 3.63) is 81.4 Å². The monoisotopic (exact) mass is 476 g/mol. The normalized spacial score (nSPS) is 10.4. The number of halogens is 2. The summed E-state index contributed by atoms with van der Waals surface area (Å²) < 4.78 is 5.58. The highest BCUT2D eigenvalue weighted by Gasteiger charge is 2.16. The van der Waals surface area contributed by atoms with Crippen LogP contribution in [0, 0.1) is 0 Å². The molecule has 8 heteroatoms. The molecule has 0 atom stereocenters. The zero-order chi connectivity index (χ0) is 20.1. The first-order valence-corrected chi connectivity index (χ1v) is 10.0. The number of ether oxygens (including phenoxy) is 1. The molecule has 1 aromatic heterocycles. The minimum absolute atomic E-state index is 0.295. The summed E-state index contributed by atoms with van der Waals surface area (Å²) in [7, 11) is 1.29. The molecule has 0 bridgehead atoms. The summed E-state index contributed by atoms with van der Waals surface area (Å²) in [6, 6.07) is 15.5. The lowest BCUT2D eigenvalue weighted by atomic mass is 10.1. The van der Waals surface area contributed by atoms with E-state index in [1.54, 1.807) is 18.3 Å². The van der Waals surface area contributed by atoms with Crippen molar-refractivity contribution in [2.75, 3.05) is 12.4 Å². The number of nitrogens with zero attached hydrogens (tertiary/aromatic N) is 1. The van der Waals surface area contributed by atoms with Crippen molar-refractivity contribution in [3.8, 4) is 0 Å². The lowest BCUT2D eigenvalue weighted by Gasteiger charge is -2.11. The van der Waals surface area contributed by atoms with E-state index < -0.39 is 5.97 Å². The van der Waals surface area contributed by atoms with Gasteiger partial charge in [-0.1, -0.05) is 35.5 Å². The van der Waals surface area contributed by atoms with Crippen molar-refractivity contribution < 1.29 is 14.3 Å². The van der Waals surface area contributed by atoms with Gasteiger partial charge in [0.25, 0.3) is 5.91 Å². The van der Waals surface area contributed by atoms with Crippen LogP contribution in [0.3, 0.4) is 0 Å². The topological polar surface area (TPSA) is 68.3 Å². The first-order chi connectivity index (χ1) is 13.5. The molecule has 142 valence electrons. The number of anilines is 1. The van der Waals surface area contributed by atoms with Gasteiger partial charge in [0, 0.05) is 15.6 Å². The number of nitrogens with one attached hydrogen (secondary N) is 1. The minimum atomic E-state index is -0.510. The van der Waals surface area contributed by atoms with Gasteiger partial charge in [-0.15, -0.1) is 0 Å². The summed E-state index contributed by atoms with van der Waals surface area (Å²) in [5.41, 5.74) is 1.09. The maximum Gasteiger partial charge on any atom is 0.337 e. The molecule has 3 aromatic rings. The molecule has 3 rings (SSSR count). The SMILES string of the molecule is COC(=O)c1ccc(Cl)c(NC(=O)c2ccccc2Sc2ccc(Br)cn2)c1. The quantitative estimate of drug-likeness (QED) is 0.478. The van der Waals surface area contributed by atoms with Crippen molar-refractivity contribution in [1.82, 2.24) is 4.98 Å². The van der Waals surface area contributed by atoms with Crippen molar-refractivity contribution in [2.45, 2.75) is 9.92 Å². The Balaban J connectivity index is 1.85. The summed E-state index contributed by atoms with van der Waals surface area (Å²) in [5, 5.41) is 3.84. The van der Waals surface area contributed by atoms with Gasteiger partial charge in [-0.05, 0) is 58.4 Å². The Morgan fingerprint density at radius 3 is 2.64 bits per heavy atom. The second-order valence-electron chi connectivity index (χ2n) is 5.55. The molecule has 0 saturated carbocycles. The summed E-state index contributed by atoms with van der Waals surface area (Å²) in [4.78, 5) is 29.6. The molecule has 0 aliphatic rings. The lowest BCUT2D eigenvalue weighted by Crippen LogP contribution is -2.14. The van der Waals surface area contributed by atoms with Crippen LogP contribution in [0.15, 0.2) is 75.2 Å². The smallest absolute Gasteiger partial charge is 0.337 e. The standard InChI is InChI=1S/C20H14BrClN2O3S/c1-27-20(26)12-6-8-15(22)16(10-12)24-19(25)14-4-2-3-5-17(14)28-18-9-7-13(21)11-23-18/h2-11H,1H3,(H,24,25). The molecule has 28 heavy (non-hydrogen) atoms. The Morgan fingerprint density at radius 1 is 1.14 bits per heavy atom. The number of aromatic nitrogens is 1. The van der Waals surface area contributed by atoms with Gasteiger partial charge in [0.15, 0.2) is 0 Å². The molecule has 0 saturated heterocycles. The largest absolute Gasteiger partial charge is 0.465 e. The van der Waals surface area contributed by atoms with E-state index in [0.29, 0.717) is 21.8 Å². The molecule has 0 unspecified atom stereocenters. The number of amides is 1. The molecule has 0 aliphatic heterocycles. The fourth-order valence-corrected chi connectivity index (χ4v) is 3.62. The fraction of sp³-hybridized carbons (Fsp3) is 0.0500. The number of carbonyl (C=O) groups excluding carboxylic acids is 2. The molecule has 0 aliphatic carbocycles. The summed E-state index contributed by atoms with van der Waals surface area (Å²) in [5.74, 6) is -0.853. The minimum Gasteiger partial charge on any atom is -0.465 e. The number of hydrogen-bond acceptors (Lipinski definition) is 5. The number of methoxy groups -OCH3 is 1. The van der Waals surface area contributed by atoms with E-state index >= 15 is 0 Å². The van der Waals surface area contributed by atoms with Gasteiger partial charge in [-0.25, -0.2) is 9.78 Å². The fourth-order valence-electron chi connectivity index (χ4n) is 2.33. The Bertz CT molecular complexity index is 1030. The van der Waals surface area contributed by atoms with E-state index in [9.17, 15) is 9.59 Å². The Kier molecular flexibility index (Phi) is 6.72. The third kappa shape index (κ3) is 4.92. The zero-order valence-corrected chi connectivity index (χ0v) is 17.8. The van der Waals surface area contributed by atoms with Crippen LogP contribution in [0.2, 0.25) is 5.02 Å². The van der Waals surface area contributed by atoms with Crippen molar-refractivity contribution in [1.29, 1.82) is 0 Å². The third-order valence-electron chi connectivity index (χ3n) is 3.68. The number of rotatable bonds is 5. The number of hydrogen-bond donors (Lipinski definition) is 1. The van der Waals surface area contributed by atoms with Crippen LogP contribution in [0.5, 0.6) is 0 Å². The number of carbonyl (C=O) groups is 2. The highest BCUT2D eigenvalue weighted by molar-refractivity contribution is 9.10. The van der Waals surface area contributed by atoms with Gasteiger partial charge in [0.05, 0.1) is 28.9 Å². The van der Waals surface area contributed by atoms with Crippen LogP contribution < -0.4 is 5.32 Å². The molecule has 1 heterocycles. The molecule has 0 radical (unpaired) electrons. The number of benzene rings is 2. The van der Waals surface area contributed by atoms with Crippen LogP contribution >= 0.6 is 39.3 Å². The van der Waals surface area contributed by atoms with Crippen LogP contribution in [-0.4, -0.2) is 24.0 Å². The average Bonchev–Trinajstić information content (AvgIpc) is 2.71. The predicted molar refractivity (Wildman–Crippen MR) is 113 cm³/mol. The van der Waals surface area contributed by atoms with Gasteiger partial charge in [-0.2, -0.15) is 0 Å². The van der Waals surface area contributed by atoms with E-state index in [1.165, 1.54) is 37.1 Å². The highest BCUT2D eigenvalue weighted by atomic mass is 79.9. The Hall–Kier alpha value is -2.35. The van der Waals surface area contributed by atoms with Gasteiger partial charge < -0.3 is 10.1 Å². The second kappa shape index (κ2) is 9.23. The van der Waals surface area contributed by atoms with Crippen molar-refractivity contribution in [3.63, 3.8) is 0 Å². The third-order valence-corrected chi connectivity index (χ3v) is 5.51. The average molecular weight is 478 g/mol. The number of pyridine rings is 1. The van der Waals surface area contributed by atoms with E-state index in [4.69, 9.17) is 16.3 Å². The zero-order valence-electron chi connectivity index (χ0n) is 14.6. The van der Waals surface area contributed by atoms with Crippen LogP contribution in [0.4, 0.5) is 5.69 Å². The Morgan fingerprint density at radius 2 is 1.93 bits per heavy atom. The van der Waals surface area contributed by atoms with E-state index in [0.717, 1.165) is 14.4 Å². The van der Waals surface area contributed by atoms with Gasteiger partial charge in [0.1, 0.15) is 5.03 Å². The first-order valence-electron chi connectivity index (χ1n) is 8.05. The molecule has 0 spiro atoms. The molecule has 1 amide bonds. The molecule has 0 fully saturated rings. The van der Waals surface area contributed by atoms with Crippen LogP contribution in [-0.2, 0) is 4.74 Å². The van der Waals surface area contributed by atoms with E-state index in [1.807, 2.05) is 24.3 Å². The van der Waals surface area contributed by atoms with E-state index in [-0.39, 0.29) is 5.91 Å². The lowest BCUT2D eigenvalue weighted by molar-refractivity contribution is 0.0600. The Labute approximate surface area is 179 Å². The van der Waals surface area contributed by atoms with Gasteiger partial charge >= 0.3 is 5.97 Å². The second-order valence-corrected chi connectivity index (χ2v) is 7.94. The van der Waals surface area contributed by atoms with E-state index in [2.05, 4.69) is 26.2 Å². The maximum atomic E-state index is 12.9. The first kappa shape index (κ1) is 20.4. The molecular weight excluding hydrogens is 464 g/mol.